The van der Waals surface area contributed by atoms with Crippen LogP contribution in [0.3, 0.4) is 0 Å². The van der Waals surface area contributed by atoms with Crippen molar-refractivity contribution in [3.63, 3.8) is 0 Å². The molecule has 1 heterocycles. The number of hydrogen-bond donors (Lipinski definition) is 2. The average molecular weight is 303 g/mol. The van der Waals surface area contributed by atoms with E-state index in [1.54, 1.807) is 0 Å². The molecule has 21 heavy (non-hydrogen) atoms. The molecule has 1 fully saturated rings. The predicted octanol–water partition coefficient (Wildman–Crippen LogP) is 4.12. The first kappa shape index (κ1) is 14.5. The van der Waals surface area contributed by atoms with Gasteiger partial charge in [0.05, 0.1) is 0 Å². The Morgan fingerprint density at radius 1 is 1.33 bits per heavy atom. The van der Waals surface area contributed by atoms with Crippen LogP contribution >= 0.6 is 11.3 Å². The lowest BCUT2D eigenvalue weighted by Gasteiger charge is -2.19. The van der Waals surface area contributed by atoms with Gasteiger partial charge in [-0.2, -0.15) is 0 Å². The topological polar surface area (TPSA) is 49.3 Å². The summed E-state index contributed by atoms with van der Waals surface area (Å²) in [5.41, 5.74) is 0.940. The van der Waals surface area contributed by atoms with Gasteiger partial charge in [-0.05, 0) is 41.7 Å². The molecule has 0 radical (unpaired) electrons. The van der Waals surface area contributed by atoms with Crippen LogP contribution in [0.15, 0.2) is 24.3 Å². The van der Waals surface area contributed by atoms with E-state index >= 15 is 0 Å². The highest BCUT2D eigenvalue weighted by Crippen LogP contribution is 2.34. The van der Waals surface area contributed by atoms with Crippen molar-refractivity contribution in [2.45, 2.75) is 39.3 Å². The molecule has 1 aliphatic carbocycles. The smallest absolute Gasteiger partial charge is 0.346 e. The molecule has 0 aliphatic heterocycles. The zero-order valence-electron chi connectivity index (χ0n) is 12.4. The summed E-state index contributed by atoms with van der Waals surface area (Å²) in [5, 5.41) is 14.1. The highest BCUT2D eigenvalue weighted by atomic mass is 32.1. The van der Waals surface area contributed by atoms with Gasteiger partial charge in [0.1, 0.15) is 4.88 Å². The fraction of sp³-hybridized carbons (Fsp3) is 0.471. The first-order chi connectivity index (χ1) is 10.1. The van der Waals surface area contributed by atoms with Crippen LogP contribution in [0.1, 0.15) is 41.9 Å². The standard InChI is InChI=1S/C17H21NO2S/c1-10-7-8-14(11(10)2)18-9-13-12-5-3-4-6-15(12)21-16(13)17(19)20/h3-6,10-11,14,18H,7-9H2,1-2H3,(H,19,20). The van der Waals surface area contributed by atoms with Crippen molar-refractivity contribution in [2.75, 3.05) is 0 Å². The maximum absolute atomic E-state index is 11.5. The lowest BCUT2D eigenvalue weighted by Crippen LogP contribution is -2.32. The van der Waals surface area contributed by atoms with Gasteiger partial charge in [-0.25, -0.2) is 4.79 Å². The van der Waals surface area contributed by atoms with E-state index in [9.17, 15) is 9.90 Å². The van der Waals surface area contributed by atoms with Crippen LogP contribution in [0.4, 0.5) is 0 Å². The zero-order chi connectivity index (χ0) is 15.0. The molecule has 3 unspecified atom stereocenters. The van der Waals surface area contributed by atoms with E-state index in [-0.39, 0.29) is 0 Å². The Balaban J connectivity index is 1.86. The average Bonchev–Trinajstić information content (AvgIpc) is 2.99. The number of carbonyl (C=O) groups is 1. The van der Waals surface area contributed by atoms with Gasteiger partial charge in [0, 0.05) is 17.3 Å². The van der Waals surface area contributed by atoms with Crippen LogP contribution in [0.5, 0.6) is 0 Å². The summed E-state index contributed by atoms with van der Waals surface area (Å²) in [5.74, 6) is 0.588. The van der Waals surface area contributed by atoms with Gasteiger partial charge >= 0.3 is 5.97 Å². The lowest BCUT2D eigenvalue weighted by atomic mass is 9.97. The highest BCUT2D eigenvalue weighted by Gasteiger charge is 2.29. The minimum atomic E-state index is -0.819. The fourth-order valence-electron chi connectivity index (χ4n) is 3.33. The summed E-state index contributed by atoms with van der Waals surface area (Å²) in [6, 6.07) is 8.46. The minimum Gasteiger partial charge on any atom is -0.477 e. The number of aromatic carboxylic acids is 1. The molecule has 1 saturated carbocycles. The molecule has 3 nitrogen and oxygen atoms in total. The van der Waals surface area contributed by atoms with Crippen LogP contribution in [-0.4, -0.2) is 17.1 Å². The first-order valence-electron chi connectivity index (χ1n) is 7.55. The highest BCUT2D eigenvalue weighted by molar-refractivity contribution is 7.21. The SMILES string of the molecule is CC1CCC(NCc2c(C(=O)O)sc3ccccc23)C1C. The Hall–Kier alpha value is -1.39. The molecular weight excluding hydrogens is 282 g/mol. The van der Waals surface area contributed by atoms with Crippen molar-refractivity contribution in [1.29, 1.82) is 0 Å². The van der Waals surface area contributed by atoms with Crippen LogP contribution in [0, 0.1) is 11.8 Å². The summed E-state index contributed by atoms with van der Waals surface area (Å²) in [7, 11) is 0. The quantitative estimate of drug-likeness (QED) is 0.893. The van der Waals surface area contributed by atoms with Crippen molar-refractivity contribution in [2.24, 2.45) is 11.8 Å². The first-order valence-corrected chi connectivity index (χ1v) is 8.36. The monoisotopic (exact) mass is 303 g/mol. The number of benzene rings is 1. The second-order valence-corrected chi connectivity index (χ2v) is 7.16. The predicted molar refractivity (Wildman–Crippen MR) is 87.0 cm³/mol. The van der Waals surface area contributed by atoms with Crippen molar-refractivity contribution >= 4 is 27.4 Å². The third-order valence-corrected chi connectivity index (χ3v) is 6.10. The third kappa shape index (κ3) is 2.70. The molecule has 2 aromatic rings. The molecule has 1 aromatic heterocycles. The van der Waals surface area contributed by atoms with Gasteiger partial charge in [-0.3, -0.25) is 0 Å². The number of fused-ring (bicyclic) bond motifs is 1. The number of nitrogens with one attached hydrogen (secondary N) is 1. The van der Waals surface area contributed by atoms with Crippen molar-refractivity contribution in [3.05, 3.63) is 34.7 Å². The Morgan fingerprint density at radius 2 is 2.10 bits per heavy atom. The second kappa shape index (κ2) is 5.78. The van der Waals surface area contributed by atoms with Gasteiger partial charge in [0.25, 0.3) is 0 Å². The van der Waals surface area contributed by atoms with E-state index < -0.39 is 5.97 Å². The van der Waals surface area contributed by atoms with Gasteiger partial charge in [0.2, 0.25) is 0 Å². The molecule has 0 amide bonds. The van der Waals surface area contributed by atoms with E-state index in [1.807, 2.05) is 24.3 Å². The summed E-state index contributed by atoms with van der Waals surface area (Å²) >= 11 is 1.38. The van der Waals surface area contributed by atoms with Crippen molar-refractivity contribution in [3.8, 4) is 0 Å². The molecule has 4 heteroatoms. The molecule has 0 saturated heterocycles. The number of thiophene rings is 1. The number of rotatable bonds is 4. The van der Waals surface area contributed by atoms with Gasteiger partial charge in [0.15, 0.2) is 0 Å². The largest absolute Gasteiger partial charge is 0.477 e. The second-order valence-electron chi connectivity index (χ2n) is 6.11. The minimum absolute atomic E-state index is 0.474. The van der Waals surface area contributed by atoms with Gasteiger partial charge in [-0.15, -0.1) is 11.3 Å². The van der Waals surface area contributed by atoms with E-state index in [0.717, 1.165) is 21.6 Å². The van der Waals surface area contributed by atoms with E-state index in [4.69, 9.17) is 0 Å². The summed E-state index contributed by atoms with van der Waals surface area (Å²) in [6.45, 7) is 5.24. The van der Waals surface area contributed by atoms with Crippen LogP contribution in [0.2, 0.25) is 0 Å². The Morgan fingerprint density at radius 3 is 2.76 bits per heavy atom. The maximum Gasteiger partial charge on any atom is 0.346 e. The van der Waals surface area contributed by atoms with Crippen LogP contribution in [0.25, 0.3) is 10.1 Å². The van der Waals surface area contributed by atoms with E-state index in [2.05, 4.69) is 19.2 Å². The molecule has 2 N–H and O–H groups in total. The number of carboxylic acids is 1. The van der Waals surface area contributed by atoms with Crippen LogP contribution in [-0.2, 0) is 6.54 Å². The molecule has 3 rings (SSSR count). The van der Waals surface area contributed by atoms with E-state index in [0.29, 0.717) is 23.4 Å². The van der Waals surface area contributed by atoms with Gasteiger partial charge < -0.3 is 10.4 Å². The zero-order valence-corrected chi connectivity index (χ0v) is 13.2. The fourth-order valence-corrected chi connectivity index (χ4v) is 4.39. The molecule has 1 aliphatic rings. The van der Waals surface area contributed by atoms with Crippen molar-refractivity contribution < 1.29 is 9.90 Å². The summed E-state index contributed by atoms with van der Waals surface area (Å²) < 4.78 is 1.06. The molecule has 0 bridgehead atoms. The Kier molecular flexibility index (Phi) is 4.00. The van der Waals surface area contributed by atoms with E-state index in [1.165, 1.54) is 24.2 Å². The molecular formula is C17H21NO2S. The molecule has 3 atom stereocenters. The normalized spacial score (nSPS) is 25.5. The molecule has 0 spiro atoms. The Labute approximate surface area is 129 Å². The number of hydrogen-bond acceptors (Lipinski definition) is 3. The number of carboxylic acid groups (broad SMARTS) is 1. The summed E-state index contributed by atoms with van der Waals surface area (Å²) in [4.78, 5) is 12.0. The summed E-state index contributed by atoms with van der Waals surface area (Å²) in [6.07, 6.45) is 2.45. The molecule has 112 valence electrons. The Bertz CT molecular complexity index is 664. The maximum atomic E-state index is 11.5. The lowest BCUT2D eigenvalue weighted by molar-refractivity contribution is 0.0701. The third-order valence-electron chi connectivity index (χ3n) is 4.90. The van der Waals surface area contributed by atoms with Gasteiger partial charge in [-0.1, -0.05) is 32.0 Å². The molecule has 1 aromatic carbocycles. The van der Waals surface area contributed by atoms with Crippen molar-refractivity contribution in [1.82, 2.24) is 5.32 Å². The van der Waals surface area contributed by atoms with Crippen LogP contribution < -0.4 is 5.32 Å².